The summed E-state index contributed by atoms with van der Waals surface area (Å²) in [7, 11) is -2.05. The van der Waals surface area contributed by atoms with E-state index in [9.17, 15) is 18.3 Å². The predicted octanol–water partition coefficient (Wildman–Crippen LogP) is 5.05. The summed E-state index contributed by atoms with van der Waals surface area (Å²) in [6.45, 7) is 5.94. The van der Waals surface area contributed by atoms with Crippen LogP contribution in [0.1, 0.15) is 50.7 Å². The number of thiocarbonyl (C=S) groups is 1. The molecule has 218 valence electrons. The molecule has 5 rings (SSSR count). The first kappa shape index (κ1) is 29.1. The molecule has 12 heteroatoms. The van der Waals surface area contributed by atoms with Crippen molar-refractivity contribution in [1.29, 1.82) is 0 Å². The van der Waals surface area contributed by atoms with E-state index in [1.165, 1.54) is 7.11 Å². The van der Waals surface area contributed by atoms with E-state index in [0.717, 1.165) is 40.2 Å². The number of pyridine rings is 1. The molecule has 1 aliphatic heterocycles. The predicted molar refractivity (Wildman–Crippen MR) is 166 cm³/mol. The van der Waals surface area contributed by atoms with Crippen molar-refractivity contribution in [2.45, 2.75) is 32.9 Å². The van der Waals surface area contributed by atoms with Crippen molar-refractivity contribution >= 4 is 44.7 Å². The molecule has 1 aliphatic rings. The van der Waals surface area contributed by atoms with Gasteiger partial charge in [-0.15, -0.1) is 0 Å². The minimum Gasteiger partial charge on any atom is -0.494 e. The Morgan fingerprint density at radius 1 is 1.10 bits per heavy atom. The van der Waals surface area contributed by atoms with E-state index in [2.05, 4.69) is 25.7 Å². The Bertz CT molecular complexity index is 1800. The zero-order valence-corrected chi connectivity index (χ0v) is 25.4. The second-order valence-corrected chi connectivity index (χ2v) is 12.4. The van der Waals surface area contributed by atoms with E-state index in [1.54, 1.807) is 36.5 Å². The van der Waals surface area contributed by atoms with E-state index in [0.29, 0.717) is 22.2 Å². The van der Waals surface area contributed by atoms with Gasteiger partial charge in [0.1, 0.15) is 5.75 Å². The summed E-state index contributed by atoms with van der Waals surface area (Å²) >= 11 is 5.88. The van der Waals surface area contributed by atoms with Gasteiger partial charge < -0.3 is 24.6 Å². The Morgan fingerprint density at radius 3 is 2.50 bits per heavy atom. The highest BCUT2D eigenvalue weighted by atomic mass is 32.2. The van der Waals surface area contributed by atoms with Crippen LogP contribution >= 0.6 is 12.2 Å². The molecule has 3 heterocycles. The smallest absolute Gasteiger partial charge is 0.335 e. The molecule has 0 aliphatic carbocycles. The molecule has 0 saturated carbocycles. The average molecular weight is 606 g/mol. The molecule has 3 N–H and O–H groups in total. The van der Waals surface area contributed by atoms with Crippen LogP contribution < -0.4 is 19.7 Å². The maximum absolute atomic E-state index is 11.9. The number of carbonyl (C=O) groups is 1. The molecule has 0 amide bonds. The standard InChI is InChI=1S/C30H31N5O5S2/c1-17-9-10-20(29(36)37)15-25(17)34-18(2)14-22(19(34)3)28-27(24-8-6-7-13-31-24)32-30(41)35(28)21-11-12-23(26(16-21)40-4)33-42(5,38)39/h6-16,27-28,33H,1-5H3,(H,32,41)(H,36,37)/t27-,28+/m0/s1. The minimum absolute atomic E-state index is 0.205. The fourth-order valence-corrected chi connectivity index (χ4v) is 6.42. The number of ether oxygens (including phenoxy) is 1. The molecule has 1 saturated heterocycles. The number of sulfonamides is 1. The largest absolute Gasteiger partial charge is 0.494 e. The highest BCUT2D eigenvalue weighted by molar-refractivity contribution is 7.92. The number of carboxylic acids is 1. The summed E-state index contributed by atoms with van der Waals surface area (Å²) in [5.41, 5.74) is 6.53. The fraction of sp³-hybridized carbons (Fsp3) is 0.233. The maximum atomic E-state index is 11.9. The molecule has 0 radical (unpaired) electrons. The lowest BCUT2D eigenvalue weighted by molar-refractivity contribution is 0.0696. The van der Waals surface area contributed by atoms with E-state index in [1.807, 2.05) is 49.9 Å². The van der Waals surface area contributed by atoms with Gasteiger partial charge in [-0.05, 0) is 86.6 Å². The average Bonchev–Trinajstić information content (AvgIpc) is 3.43. The molecule has 2 aromatic carbocycles. The lowest BCUT2D eigenvalue weighted by atomic mass is 9.96. The lowest BCUT2D eigenvalue weighted by Crippen LogP contribution is -2.29. The van der Waals surface area contributed by atoms with Crippen LogP contribution in [0.2, 0.25) is 0 Å². The third-order valence-electron chi connectivity index (χ3n) is 7.34. The van der Waals surface area contributed by atoms with Crippen molar-refractivity contribution in [2.75, 3.05) is 23.0 Å². The SMILES string of the molecule is COc1cc(N2C(=S)N[C@@H](c3ccccn3)[C@H]2c2cc(C)n(-c3cc(C(=O)O)ccc3C)c2C)ccc1NS(C)(=O)=O. The zero-order chi connectivity index (χ0) is 30.3. The van der Waals surface area contributed by atoms with E-state index >= 15 is 0 Å². The molecule has 0 spiro atoms. The van der Waals surface area contributed by atoms with Crippen molar-refractivity contribution in [3.63, 3.8) is 0 Å². The lowest BCUT2D eigenvalue weighted by Gasteiger charge is -2.29. The molecule has 2 aromatic heterocycles. The summed E-state index contributed by atoms with van der Waals surface area (Å²) in [4.78, 5) is 18.4. The first-order valence-corrected chi connectivity index (χ1v) is 15.4. The summed E-state index contributed by atoms with van der Waals surface area (Å²) in [5, 5.41) is 13.6. The third-order valence-corrected chi connectivity index (χ3v) is 8.25. The first-order valence-electron chi connectivity index (χ1n) is 13.1. The van der Waals surface area contributed by atoms with Crippen molar-refractivity contribution in [3.05, 3.63) is 101 Å². The highest BCUT2D eigenvalue weighted by Crippen LogP contribution is 2.45. The number of nitrogens with one attached hydrogen (secondary N) is 2. The summed E-state index contributed by atoms with van der Waals surface area (Å²) in [6, 6.07) is 17.4. The van der Waals surface area contributed by atoms with Crippen molar-refractivity contribution in [3.8, 4) is 11.4 Å². The Labute approximate surface area is 250 Å². The van der Waals surface area contributed by atoms with Gasteiger partial charge in [0.15, 0.2) is 5.11 Å². The topological polar surface area (TPSA) is 126 Å². The molecule has 2 atom stereocenters. The Hall–Kier alpha value is -4.42. The number of anilines is 2. The monoisotopic (exact) mass is 605 g/mol. The zero-order valence-electron chi connectivity index (χ0n) is 23.7. The number of hydrogen-bond donors (Lipinski definition) is 3. The number of aromatic nitrogens is 2. The van der Waals surface area contributed by atoms with Crippen LogP contribution in [0.5, 0.6) is 5.75 Å². The van der Waals surface area contributed by atoms with Gasteiger partial charge in [0, 0.05) is 35.0 Å². The van der Waals surface area contributed by atoms with Gasteiger partial charge in [0.25, 0.3) is 0 Å². The van der Waals surface area contributed by atoms with E-state index in [-0.39, 0.29) is 17.6 Å². The molecule has 4 aromatic rings. The van der Waals surface area contributed by atoms with Crippen molar-refractivity contribution in [2.24, 2.45) is 0 Å². The van der Waals surface area contributed by atoms with Crippen LogP contribution in [0.4, 0.5) is 11.4 Å². The fourth-order valence-electron chi connectivity index (χ4n) is 5.50. The second kappa shape index (κ2) is 11.1. The second-order valence-electron chi connectivity index (χ2n) is 10.2. The molecule has 1 fully saturated rings. The van der Waals surface area contributed by atoms with Crippen LogP contribution in [0.25, 0.3) is 5.69 Å². The van der Waals surface area contributed by atoms with Crippen LogP contribution in [0.3, 0.4) is 0 Å². The molecule has 42 heavy (non-hydrogen) atoms. The van der Waals surface area contributed by atoms with E-state index in [4.69, 9.17) is 17.0 Å². The minimum atomic E-state index is -3.53. The highest BCUT2D eigenvalue weighted by Gasteiger charge is 2.42. The number of methoxy groups -OCH3 is 1. The van der Waals surface area contributed by atoms with Gasteiger partial charge in [-0.1, -0.05) is 12.1 Å². The van der Waals surface area contributed by atoms with E-state index < -0.39 is 16.0 Å². The van der Waals surface area contributed by atoms with Gasteiger partial charge >= 0.3 is 5.97 Å². The number of nitrogens with zero attached hydrogens (tertiary/aromatic N) is 3. The number of aryl methyl sites for hydroxylation is 2. The van der Waals surface area contributed by atoms with Gasteiger partial charge in [0.2, 0.25) is 10.0 Å². The Kier molecular flexibility index (Phi) is 7.69. The van der Waals surface area contributed by atoms with Gasteiger partial charge in [-0.25, -0.2) is 13.2 Å². The van der Waals surface area contributed by atoms with Crippen LogP contribution in [0, 0.1) is 20.8 Å². The maximum Gasteiger partial charge on any atom is 0.335 e. The van der Waals surface area contributed by atoms with Gasteiger partial charge in [-0.2, -0.15) is 0 Å². The first-order chi connectivity index (χ1) is 19.9. The van der Waals surface area contributed by atoms with Gasteiger partial charge in [0.05, 0.1) is 42.4 Å². The molecule has 10 nitrogen and oxygen atoms in total. The quantitative estimate of drug-likeness (QED) is 0.237. The molecular weight excluding hydrogens is 574 g/mol. The van der Waals surface area contributed by atoms with Gasteiger partial charge in [-0.3, -0.25) is 9.71 Å². The summed E-state index contributed by atoms with van der Waals surface area (Å²) < 4.78 is 33.9. The third kappa shape index (κ3) is 5.42. The number of carboxylic acid groups (broad SMARTS) is 1. The van der Waals surface area contributed by atoms with Crippen molar-refractivity contribution in [1.82, 2.24) is 14.9 Å². The van der Waals surface area contributed by atoms with Crippen LogP contribution in [-0.4, -0.2) is 47.5 Å². The normalized spacial score (nSPS) is 16.8. The molecular formula is C30H31N5O5S2. The van der Waals surface area contributed by atoms with Crippen molar-refractivity contribution < 1.29 is 23.1 Å². The summed E-state index contributed by atoms with van der Waals surface area (Å²) in [6.07, 6.45) is 2.81. The number of rotatable bonds is 8. The summed E-state index contributed by atoms with van der Waals surface area (Å²) in [5.74, 6) is -0.652. The van der Waals surface area contributed by atoms with Crippen LogP contribution in [-0.2, 0) is 10.0 Å². The Balaban J connectivity index is 1.69. The Morgan fingerprint density at radius 2 is 1.86 bits per heavy atom. The number of benzene rings is 2. The molecule has 0 bridgehead atoms. The molecule has 0 unspecified atom stereocenters. The van der Waals surface area contributed by atoms with Crippen LogP contribution in [0.15, 0.2) is 66.9 Å². The number of hydrogen-bond acceptors (Lipinski definition) is 6. The number of aromatic carboxylic acids is 1.